The summed E-state index contributed by atoms with van der Waals surface area (Å²) in [4.78, 5) is 7.53. The van der Waals surface area contributed by atoms with E-state index in [9.17, 15) is 8.78 Å². The predicted octanol–water partition coefficient (Wildman–Crippen LogP) is 5.00. The molecule has 3 nitrogen and oxygen atoms in total. The van der Waals surface area contributed by atoms with Gasteiger partial charge in [0.25, 0.3) is 0 Å². The average molecular weight is 339 g/mol. The molecule has 0 aliphatic rings. The van der Waals surface area contributed by atoms with Crippen LogP contribution in [0.25, 0.3) is 28.0 Å². The van der Waals surface area contributed by atoms with Crippen molar-refractivity contribution in [3.05, 3.63) is 77.3 Å². The van der Waals surface area contributed by atoms with Crippen molar-refractivity contribution < 1.29 is 8.78 Å². The third-order valence-electron chi connectivity index (χ3n) is 3.83. The SMILES string of the molecule is Fc1ccc(-c2cn3c(=S)ncc(-c4ccc(F)cc4)c3[nH]2)cc1. The van der Waals surface area contributed by atoms with Crippen molar-refractivity contribution in [2.75, 3.05) is 0 Å². The maximum Gasteiger partial charge on any atom is 0.205 e. The summed E-state index contributed by atoms with van der Waals surface area (Å²) in [5.41, 5.74) is 4.00. The van der Waals surface area contributed by atoms with Crippen LogP contribution in [0.3, 0.4) is 0 Å². The molecule has 0 saturated heterocycles. The zero-order valence-electron chi connectivity index (χ0n) is 12.3. The summed E-state index contributed by atoms with van der Waals surface area (Å²) in [6.45, 7) is 0. The maximum atomic E-state index is 13.2. The van der Waals surface area contributed by atoms with Crippen LogP contribution in [0.1, 0.15) is 0 Å². The van der Waals surface area contributed by atoms with Gasteiger partial charge >= 0.3 is 0 Å². The topological polar surface area (TPSA) is 33.1 Å². The maximum absolute atomic E-state index is 13.2. The first-order chi connectivity index (χ1) is 11.6. The van der Waals surface area contributed by atoms with E-state index < -0.39 is 0 Å². The molecular formula is C18H11F2N3S. The molecule has 0 spiro atoms. The van der Waals surface area contributed by atoms with E-state index >= 15 is 0 Å². The summed E-state index contributed by atoms with van der Waals surface area (Å²) in [6, 6.07) is 12.4. The monoisotopic (exact) mass is 339 g/mol. The standard InChI is InChI=1S/C18H11F2N3S/c19-13-5-1-11(2-6-13)15-9-21-18(24)23-10-16(22-17(15)23)12-3-7-14(20)8-4-12/h1-10,22H. The van der Waals surface area contributed by atoms with Crippen LogP contribution in [0.15, 0.2) is 60.9 Å². The van der Waals surface area contributed by atoms with Crippen molar-refractivity contribution in [1.82, 2.24) is 14.4 Å². The molecule has 0 aliphatic carbocycles. The molecule has 0 saturated carbocycles. The minimum Gasteiger partial charge on any atom is -0.339 e. The fourth-order valence-corrected chi connectivity index (χ4v) is 2.82. The third-order valence-corrected chi connectivity index (χ3v) is 4.13. The molecule has 2 heterocycles. The minimum absolute atomic E-state index is 0.292. The summed E-state index contributed by atoms with van der Waals surface area (Å²) in [7, 11) is 0. The van der Waals surface area contributed by atoms with Crippen LogP contribution in [0.2, 0.25) is 0 Å². The van der Waals surface area contributed by atoms with E-state index in [-0.39, 0.29) is 11.6 Å². The molecule has 24 heavy (non-hydrogen) atoms. The van der Waals surface area contributed by atoms with E-state index in [0.29, 0.717) is 4.77 Å². The van der Waals surface area contributed by atoms with Crippen LogP contribution in [0, 0.1) is 16.4 Å². The Morgan fingerprint density at radius 2 is 1.46 bits per heavy atom. The number of nitrogens with one attached hydrogen (secondary N) is 1. The normalized spacial score (nSPS) is 11.1. The fraction of sp³-hybridized carbons (Fsp3) is 0. The number of H-pyrrole nitrogens is 1. The molecule has 1 N–H and O–H groups in total. The molecular weight excluding hydrogens is 328 g/mol. The smallest absolute Gasteiger partial charge is 0.205 e. The Morgan fingerprint density at radius 3 is 2.08 bits per heavy atom. The van der Waals surface area contributed by atoms with Crippen molar-refractivity contribution in [3.63, 3.8) is 0 Å². The van der Waals surface area contributed by atoms with Gasteiger partial charge < -0.3 is 4.98 Å². The number of aromatic nitrogens is 3. The molecule has 0 fully saturated rings. The Kier molecular flexibility index (Phi) is 3.46. The van der Waals surface area contributed by atoms with Crippen LogP contribution >= 0.6 is 12.2 Å². The highest BCUT2D eigenvalue weighted by molar-refractivity contribution is 7.71. The van der Waals surface area contributed by atoms with Gasteiger partial charge in [0.05, 0.1) is 5.69 Å². The van der Waals surface area contributed by atoms with Gasteiger partial charge in [0, 0.05) is 18.0 Å². The number of nitrogens with zero attached hydrogens (tertiary/aromatic N) is 2. The summed E-state index contributed by atoms with van der Waals surface area (Å²) >= 11 is 5.28. The number of imidazole rings is 1. The van der Waals surface area contributed by atoms with Crippen LogP contribution in [-0.4, -0.2) is 14.4 Å². The summed E-state index contributed by atoms with van der Waals surface area (Å²) in [5, 5.41) is 0. The van der Waals surface area contributed by atoms with Crippen LogP contribution in [-0.2, 0) is 0 Å². The lowest BCUT2D eigenvalue weighted by Gasteiger charge is -2.03. The second-order valence-corrected chi connectivity index (χ2v) is 5.72. The Hall–Kier alpha value is -2.86. The number of fused-ring (bicyclic) bond motifs is 1. The molecule has 118 valence electrons. The largest absolute Gasteiger partial charge is 0.339 e. The third kappa shape index (κ3) is 2.51. The molecule has 0 bridgehead atoms. The fourth-order valence-electron chi connectivity index (χ4n) is 2.62. The van der Waals surface area contributed by atoms with Crippen LogP contribution in [0.4, 0.5) is 8.78 Å². The Labute approximate surface area is 141 Å². The van der Waals surface area contributed by atoms with Gasteiger partial charge in [-0.05, 0) is 59.7 Å². The van der Waals surface area contributed by atoms with Gasteiger partial charge in [-0.15, -0.1) is 0 Å². The Morgan fingerprint density at radius 1 is 0.875 bits per heavy atom. The highest BCUT2D eigenvalue weighted by Crippen LogP contribution is 2.27. The highest BCUT2D eigenvalue weighted by Gasteiger charge is 2.10. The number of benzene rings is 2. The Balaban J connectivity index is 1.93. The van der Waals surface area contributed by atoms with E-state index in [1.165, 1.54) is 24.3 Å². The van der Waals surface area contributed by atoms with Gasteiger partial charge in [0.15, 0.2) is 0 Å². The molecule has 0 atom stereocenters. The molecule has 2 aromatic carbocycles. The molecule has 4 aromatic rings. The van der Waals surface area contributed by atoms with Crippen LogP contribution < -0.4 is 0 Å². The molecule has 0 radical (unpaired) electrons. The van der Waals surface area contributed by atoms with Crippen molar-refractivity contribution in [3.8, 4) is 22.4 Å². The number of hydrogen-bond donors (Lipinski definition) is 1. The average Bonchev–Trinajstić information content (AvgIpc) is 3.03. The molecule has 2 aromatic heterocycles. The Bertz CT molecular complexity index is 1080. The first-order valence-corrected chi connectivity index (χ1v) is 7.65. The zero-order chi connectivity index (χ0) is 16.7. The van der Waals surface area contributed by atoms with Gasteiger partial charge in [0.2, 0.25) is 4.77 Å². The summed E-state index contributed by atoms with van der Waals surface area (Å²) in [5.74, 6) is -0.589. The molecule has 6 heteroatoms. The first-order valence-electron chi connectivity index (χ1n) is 7.24. The number of halogens is 2. The van der Waals surface area contributed by atoms with Gasteiger partial charge in [-0.3, -0.25) is 4.40 Å². The van der Waals surface area contributed by atoms with Crippen molar-refractivity contribution >= 4 is 17.9 Å². The van der Waals surface area contributed by atoms with Crippen molar-refractivity contribution in [2.24, 2.45) is 0 Å². The van der Waals surface area contributed by atoms with Crippen molar-refractivity contribution in [2.45, 2.75) is 0 Å². The number of aromatic amines is 1. The molecule has 0 aliphatic heterocycles. The molecule has 4 rings (SSSR count). The lowest BCUT2D eigenvalue weighted by atomic mass is 10.1. The highest BCUT2D eigenvalue weighted by atomic mass is 32.1. The van der Waals surface area contributed by atoms with Gasteiger partial charge in [-0.1, -0.05) is 12.1 Å². The second kappa shape index (κ2) is 5.65. The van der Waals surface area contributed by atoms with E-state index in [0.717, 1.165) is 28.0 Å². The predicted molar refractivity (Wildman–Crippen MR) is 91.2 cm³/mol. The van der Waals surface area contributed by atoms with Crippen LogP contribution in [0.5, 0.6) is 0 Å². The first kappa shape index (κ1) is 14.7. The number of rotatable bonds is 2. The van der Waals surface area contributed by atoms with Gasteiger partial charge in [-0.2, -0.15) is 0 Å². The molecule has 0 amide bonds. The van der Waals surface area contributed by atoms with E-state index in [1.807, 2.05) is 6.20 Å². The lowest BCUT2D eigenvalue weighted by molar-refractivity contribution is 0.627. The van der Waals surface area contributed by atoms with Gasteiger partial charge in [-0.25, -0.2) is 13.8 Å². The lowest BCUT2D eigenvalue weighted by Crippen LogP contribution is -1.92. The minimum atomic E-state index is -0.297. The zero-order valence-corrected chi connectivity index (χ0v) is 13.1. The van der Waals surface area contributed by atoms with E-state index in [4.69, 9.17) is 12.2 Å². The van der Waals surface area contributed by atoms with Gasteiger partial charge in [0.1, 0.15) is 17.3 Å². The van der Waals surface area contributed by atoms with E-state index in [2.05, 4.69) is 9.97 Å². The quantitative estimate of drug-likeness (QED) is 0.521. The van der Waals surface area contributed by atoms with Crippen molar-refractivity contribution in [1.29, 1.82) is 0 Å². The van der Waals surface area contributed by atoms with E-state index in [1.54, 1.807) is 34.9 Å². The molecule has 0 unspecified atom stereocenters. The summed E-state index contributed by atoms with van der Waals surface area (Å²) < 4.78 is 28.4. The number of hydrogen-bond acceptors (Lipinski definition) is 2. The second-order valence-electron chi connectivity index (χ2n) is 5.35. The summed E-state index contributed by atoms with van der Waals surface area (Å²) in [6.07, 6.45) is 3.49.